The summed E-state index contributed by atoms with van der Waals surface area (Å²) in [6.45, 7) is 0.658. The molecule has 9 heteroatoms. The standard InChI is InChI=1S/C19H16N8O/c20-17-24-18(25-19-23-16(26-27(17)19)15-2-1-9-28-15)22-8-5-12-3-4-14-11-21-7-6-13(14)10-12/h1-4,6-7,9-11H,5,8H2,(H3,20,22,23,24,25,26). The molecule has 0 fully saturated rings. The van der Waals surface area contributed by atoms with Gasteiger partial charge in [-0.05, 0) is 35.6 Å². The number of furan rings is 1. The minimum absolute atomic E-state index is 0.205. The van der Waals surface area contributed by atoms with Crippen molar-refractivity contribution in [2.75, 3.05) is 17.6 Å². The molecule has 3 N–H and O–H groups in total. The SMILES string of the molecule is Nc1nc(NCCc2ccc3cnccc3c2)nc2nc(-c3ccco3)nn12. The summed E-state index contributed by atoms with van der Waals surface area (Å²) >= 11 is 0. The molecule has 0 radical (unpaired) electrons. The van der Waals surface area contributed by atoms with Crippen LogP contribution in [-0.2, 0) is 6.42 Å². The zero-order chi connectivity index (χ0) is 18.9. The minimum Gasteiger partial charge on any atom is -0.461 e. The maximum atomic E-state index is 6.00. The highest BCUT2D eigenvalue weighted by atomic mass is 16.3. The number of nitrogens with zero attached hydrogens (tertiary/aromatic N) is 6. The van der Waals surface area contributed by atoms with Crippen molar-refractivity contribution < 1.29 is 4.42 Å². The lowest BCUT2D eigenvalue weighted by atomic mass is 10.1. The third kappa shape index (κ3) is 2.98. The number of benzene rings is 1. The van der Waals surface area contributed by atoms with E-state index in [4.69, 9.17) is 10.2 Å². The van der Waals surface area contributed by atoms with Gasteiger partial charge >= 0.3 is 0 Å². The third-order valence-electron chi connectivity index (χ3n) is 4.38. The molecular weight excluding hydrogens is 356 g/mol. The zero-order valence-electron chi connectivity index (χ0n) is 14.8. The lowest BCUT2D eigenvalue weighted by molar-refractivity contribution is 0.577. The molecule has 0 saturated carbocycles. The van der Waals surface area contributed by atoms with Gasteiger partial charge in [0.2, 0.25) is 17.7 Å². The normalized spacial score (nSPS) is 11.3. The number of anilines is 2. The topological polar surface area (TPSA) is 120 Å². The van der Waals surface area contributed by atoms with Crippen LogP contribution >= 0.6 is 0 Å². The van der Waals surface area contributed by atoms with E-state index in [9.17, 15) is 0 Å². The smallest absolute Gasteiger partial charge is 0.259 e. The van der Waals surface area contributed by atoms with Crippen LogP contribution in [0.3, 0.4) is 0 Å². The molecule has 0 aliphatic heterocycles. The van der Waals surface area contributed by atoms with Crippen molar-refractivity contribution in [2.45, 2.75) is 6.42 Å². The first-order chi connectivity index (χ1) is 13.8. The Morgan fingerprint density at radius 1 is 1.07 bits per heavy atom. The number of pyridine rings is 1. The number of hydrogen-bond acceptors (Lipinski definition) is 8. The van der Waals surface area contributed by atoms with E-state index in [1.54, 1.807) is 24.6 Å². The Hall–Kier alpha value is -4.01. The lowest BCUT2D eigenvalue weighted by Crippen LogP contribution is -2.12. The molecule has 0 saturated heterocycles. The Kier molecular flexibility index (Phi) is 3.82. The lowest BCUT2D eigenvalue weighted by Gasteiger charge is -2.07. The van der Waals surface area contributed by atoms with Crippen molar-refractivity contribution in [1.29, 1.82) is 0 Å². The van der Waals surface area contributed by atoms with Crippen LogP contribution in [0.1, 0.15) is 5.56 Å². The number of nitrogen functional groups attached to an aromatic ring is 1. The van der Waals surface area contributed by atoms with E-state index >= 15 is 0 Å². The number of fused-ring (bicyclic) bond motifs is 2. The van der Waals surface area contributed by atoms with E-state index in [0.29, 0.717) is 29.9 Å². The highest BCUT2D eigenvalue weighted by molar-refractivity contribution is 5.82. The fourth-order valence-corrected chi connectivity index (χ4v) is 3.00. The molecule has 28 heavy (non-hydrogen) atoms. The van der Waals surface area contributed by atoms with Gasteiger partial charge < -0.3 is 15.5 Å². The Balaban J connectivity index is 1.33. The van der Waals surface area contributed by atoms with Crippen molar-refractivity contribution in [1.82, 2.24) is 29.5 Å². The van der Waals surface area contributed by atoms with Gasteiger partial charge in [-0.25, -0.2) is 0 Å². The first kappa shape index (κ1) is 16.2. The Morgan fingerprint density at radius 3 is 2.93 bits per heavy atom. The molecule has 1 aromatic carbocycles. The van der Waals surface area contributed by atoms with Gasteiger partial charge in [-0.15, -0.1) is 5.10 Å². The summed E-state index contributed by atoms with van der Waals surface area (Å²) < 4.78 is 6.71. The van der Waals surface area contributed by atoms with Gasteiger partial charge in [0.05, 0.1) is 6.26 Å². The molecule has 9 nitrogen and oxygen atoms in total. The van der Waals surface area contributed by atoms with Gasteiger partial charge in [-0.1, -0.05) is 18.2 Å². The van der Waals surface area contributed by atoms with Crippen molar-refractivity contribution in [3.8, 4) is 11.6 Å². The van der Waals surface area contributed by atoms with Gasteiger partial charge in [0, 0.05) is 24.3 Å². The van der Waals surface area contributed by atoms with Crippen molar-refractivity contribution in [3.63, 3.8) is 0 Å². The van der Waals surface area contributed by atoms with Crippen molar-refractivity contribution in [3.05, 3.63) is 60.6 Å². The Morgan fingerprint density at radius 2 is 2.04 bits per heavy atom. The van der Waals surface area contributed by atoms with E-state index in [1.807, 2.05) is 12.3 Å². The van der Waals surface area contributed by atoms with Crippen molar-refractivity contribution >= 4 is 28.4 Å². The summed E-state index contributed by atoms with van der Waals surface area (Å²) in [5.41, 5.74) is 7.21. The van der Waals surface area contributed by atoms with Crippen LogP contribution in [0.5, 0.6) is 0 Å². The largest absolute Gasteiger partial charge is 0.461 e. The summed E-state index contributed by atoms with van der Waals surface area (Å²) in [7, 11) is 0. The molecule has 5 rings (SSSR count). The molecule has 4 heterocycles. The van der Waals surface area contributed by atoms with E-state index in [0.717, 1.165) is 11.8 Å². The maximum Gasteiger partial charge on any atom is 0.259 e. The Bertz CT molecular complexity index is 1260. The molecule has 0 spiro atoms. The molecule has 0 aliphatic carbocycles. The number of hydrogen-bond donors (Lipinski definition) is 2. The summed E-state index contributed by atoms with van der Waals surface area (Å²) in [5, 5.41) is 9.78. The van der Waals surface area contributed by atoms with E-state index in [2.05, 4.69) is 48.6 Å². The van der Waals surface area contributed by atoms with Gasteiger partial charge in [0.25, 0.3) is 5.78 Å². The molecule has 0 aliphatic rings. The number of aromatic nitrogens is 6. The first-order valence-corrected chi connectivity index (χ1v) is 8.77. The second-order valence-corrected chi connectivity index (χ2v) is 6.26. The van der Waals surface area contributed by atoms with E-state index in [-0.39, 0.29) is 5.95 Å². The maximum absolute atomic E-state index is 6.00. The quantitative estimate of drug-likeness (QED) is 0.483. The summed E-state index contributed by atoms with van der Waals surface area (Å²) in [6.07, 6.45) is 6.04. The third-order valence-corrected chi connectivity index (χ3v) is 4.38. The minimum atomic E-state index is 0.205. The molecule has 0 unspecified atom stereocenters. The van der Waals surface area contributed by atoms with Gasteiger partial charge in [-0.3, -0.25) is 4.98 Å². The van der Waals surface area contributed by atoms with Crippen LogP contribution in [0.15, 0.2) is 59.5 Å². The summed E-state index contributed by atoms with van der Waals surface area (Å²) in [4.78, 5) is 17.1. The fraction of sp³-hybridized carbons (Fsp3) is 0.105. The second-order valence-electron chi connectivity index (χ2n) is 6.26. The van der Waals surface area contributed by atoms with Crippen molar-refractivity contribution in [2.24, 2.45) is 0 Å². The molecule has 4 aromatic heterocycles. The van der Waals surface area contributed by atoms with Crippen LogP contribution in [0.25, 0.3) is 28.1 Å². The first-order valence-electron chi connectivity index (χ1n) is 8.77. The predicted molar refractivity (Wildman–Crippen MR) is 105 cm³/mol. The number of nitrogens with one attached hydrogen (secondary N) is 1. The average molecular weight is 372 g/mol. The van der Waals surface area contributed by atoms with Gasteiger partial charge in [0.15, 0.2) is 5.76 Å². The second kappa shape index (κ2) is 6.62. The highest BCUT2D eigenvalue weighted by Gasteiger charge is 2.13. The van der Waals surface area contributed by atoms with Gasteiger partial charge in [0.1, 0.15) is 0 Å². The number of nitrogens with two attached hydrogens (primary N) is 1. The summed E-state index contributed by atoms with van der Waals surface area (Å²) in [6, 6.07) is 11.9. The molecule has 5 aromatic rings. The highest BCUT2D eigenvalue weighted by Crippen LogP contribution is 2.18. The van der Waals surface area contributed by atoms with Crippen LogP contribution in [0.4, 0.5) is 11.9 Å². The molecule has 0 bridgehead atoms. The van der Waals surface area contributed by atoms with Crippen LogP contribution < -0.4 is 11.1 Å². The fourth-order valence-electron chi connectivity index (χ4n) is 3.00. The molecule has 0 amide bonds. The van der Waals surface area contributed by atoms with Crippen LogP contribution in [0, 0.1) is 0 Å². The zero-order valence-corrected chi connectivity index (χ0v) is 14.8. The van der Waals surface area contributed by atoms with E-state index < -0.39 is 0 Å². The predicted octanol–water partition coefficient (Wildman–Crippen LogP) is 2.56. The molecule has 0 atom stereocenters. The molecular formula is C19H16N8O. The molecule has 138 valence electrons. The van der Waals surface area contributed by atoms with Crippen LogP contribution in [0.2, 0.25) is 0 Å². The number of rotatable bonds is 5. The van der Waals surface area contributed by atoms with Gasteiger partial charge in [-0.2, -0.15) is 19.5 Å². The summed E-state index contributed by atoms with van der Waals surface area (Å²) in [5.74, 6) is 1.93. The van der Waals surface area contributed by atoms with Crippen LogP contribution in [-0.4, -0.2) is 36.1 Å². The average Bonchev–Trinajstić information content (AvgIpc) is 3.38. The monoisotopic (exact) mass is 372 g/mol. The van der Waals surface area contributed by atoms with E-state index in [1.165, 1.54) is 15.5 Å². The Labute approximate surface area is 159 Å².